The van der Waals surface area contributed by atoms with Crippen LogP contribution in [0, 0.1) is 0 Å². The SMILES string of the molecule is CC(C)S(=O)(=O)Sc1ccc(Cl)cc1. The number of halogens is 1. The zero-order valence-corrected chi connectivity index (χ0v) is 10.3. The van der Waals surface area contributed by atoms with Crippen LogP contribution in [-0.4, -0.2) is 13.7 Å². The minimum Gasteiger partial charge on any atom is -0.217 e. The zero-order valence-electron chi connectivity index (χ0n) is 7.90. The van der Waals surface area contributed by atoms with E-state index < -0.39 is 8.87 Å². The quantitative estimate of drug-likeness (QED) is 0.773. The van der Waals surface area contributed by atoms with Crippen molar-refractivity contribution in [3.8, 4) is 0 Å². The Morgan fingerprint density at radius 3 is 2.14 bits per heavy atom. The van der Waals surface area contributed by atoms with Crippen LogP contribution < -0.4 is 0 Å². The van der Waals surface area contributed by atoms with Crippen molar-refractivity contribution in [1.29, 1.82) is 0 Å². The minimum absolute atomic E-state index is 0.372. The van der Waals surface area contributed by atoms with E-state index in [1.54, 1.807) is 38.1 Å². The lowest BCUT2D eigenvalue weighted by molar-refractivity contribution is 0.602. The van der Waals surface area contributed by atoms with Crippen molar-refractivity contribution >= 4 is 31.3 Å². The van der Waals surface area contributed by atoms with Crippen LogP contribution in [0.3, 0.4) is 0 Å². The lowest BCUT2D eigenvalue weighted by atomic mass is 10.4. The van der Waals surface area contributed by atoms with E-state index in [0.29, 0.717) is 9.92 Å². The van der Waals surface area contributed by atoms with Crippen LogP contribution in [0.1, 0.15) is 13.8 Å². The third kappa shape index (κ3) is 3.19. The molecule has 0 aliphatic heterocycles. The first-order valence-electron chi connectivity index (χ1n) is 4.10. The van der Waals surface area contributed by atoms with Crippen LogP contribution in [0.4, 0.5) is 0 Å². The summed E-state index contributed by atoms with van der Waals surface area (Å²) < 4.78 is 23.0. The Labute approximate surface area is 93.0 Å². The molecule has 1 aromatic carbocycles. The molecular weight excluding hydrogens is 240 g/mol. The van der Waals surface area contributed by atoms with Gasteiger partial charge in [0.05, 0.1) is 5.25 Å². The Morgan fingerprint density at radius 1 is 1.21 bits per heavy atom. The molecule has 1 aromatic rings. The van der Waals surface area contributed by atoms with Gasteiger partial charge in [-0.15, -0.1) is 0 Å². The molecule has 5 heteroatoms. The summed E-state index contributed by atoms with van der Waals surface area (Å²) in [5.41, 5.74) is 0. The Morgan fingerprint density at radius 2 is 1.71 bits per heavy atom. The summed E-state index contributed by atoms with van der Waals surface area (Å²) in [5, 5.41) is 0.236. The highest BCUT2D eigenvalue weighted by molar-refractivity contribution is 8.72. The van der Waals surface area contributed by atoms with Crippen molar-refractivity contribution in [2.45, 2.75) is 24.0 Å². The molecule has 0 atom stereocenters. The molecule has 0 spiro atoms. The smallest absolute Gasteiger partial charge is 0.208 e. The third-order valence-corrected chi connectivity index (χ3v) is 6.14. The summed E-state index contributed by atoms with van der Waals surface area (Å²) in [4.78, 5) is 0.697. The maximum Gasteiger partial charge on any atom is 0.208 e. The second-order valence-corrected chi connectivity index (χ2v) is 7.98. The van der Waals surface area contributed by atoms with Crippen molar-refractivity contribution in [3.05, 3.63) is 29.3 Å². The first-order chi connectivity index (χ1) is 6.42. The van der Waals surface area contributed by atoms with Gasteiger partial charge in [-0.3, -0.25) is 0 Å². The van der Waals surface area contributed by atoms with Gasteiger partial charge in [-0.2, -0.15) is 0 Å². The summed E-state index contributed by atoms with van der Waals surface area (Å²) >= 11 is 5.69. The molecule has 0 heterocycles. The summed E-state index contributed by atoms with van der Waals surface area (Å²) in [6, 6.07) is 6.76. The van der Waals surface area contributed by atoms with Gasteiger partial charge in [0.15, 0.2) is 0 Å². The summed E-state index contributed by atoms with van der Waals surface area (Å²) in [6.45, 7) is 3.33. The van der Waals surface area contributed by atoms with E-state index in [-0.39, 0.29) is 5.25 Å². The fourth-order valence-corrected chi connectivity index (χ4v) is 3.27. The van der Waals surface area contributed by atoms with E-state index in [2.05, 4.69) is 0 Å². The Hall–Kier alpha value is -0.190. The van der Waals surface area contributed by atoms with E-state index in [4.69, 9.17) is 11.6 Å². The molecule has 0 radical (unpaired) electrons. The van der Waals surface area contributed by atoms with E-state index in [1.165, 1.54) is 0 Å². The molecule has 0 bridgehead atoms. The van der Waals surface area contributed by atoms with Crippen molar-refractivity contribution in [3.63, 3.8) is 0 Å². The predicted octanol–water partition coefficient (Wildman–Crippen LogP) is 3.17. The molecule has 0 saturated heterocycles. The molecule has 0 aliphatic carbocycles. The summed E-state index contributed by atoms with van der Waals surface area (Å²) in [7, 11) is -2.21. The second-order valence-electron chi connectivity index (χ2n) is 3.08. The Balaban J connectivity index is 2.85. The maximum atomic E-state index is 11.5. The molecule has 1 rings (SSSR count). The highest BCUT2D eigenvalue weighted by Gasteiger charge is 2.17. The monoisotopic (exact) mass is 250 g/mol. The van der Waals surface area contributed by atoms with Gasteiger partial charge < -0.3 is 0 Å². The molecule has 0 aliphatic rings. The van der Waals surface area contributed by atoms with Crippen LogP contribution >= 0.6 is 22.4 Å². The van der Waals surface area contributed by atoms with E-state index >= 15 is 0 Å². The van der Waals surface area contributed by atoms with Gasteiger partial charge in [-0.25, -0.2) is 8.42 Å². The van der Waals surface area contributed by atoms with Gasteiger partial charge >= 0.3 is 0 Å². The standard InChI is InChI=1S/C9H11ClO2S2/c1-7(2)14(11,12)13-9-5-3-8(10)4-6-9/h3-7H,1-2H3. The molecule has 2 nitrogen and oxygen atoms in total. The summed E-state index contributed by atoms with van der Waals surface area (Å²) in [6.07, 6.45) is 0. The van der Waals surface area contributed by atoms with E-state index in [0.717, 1.165) is 10.8 Å². The predicted molar refractivity (Wildman–Crippen MR) is 61.4 cm³/mol. The molecule has 0 N–H and O–H groups in total. The normalized spacial score (nSPS) is 12.0. The molecular formula is C9H11ClO2S2. The molecule has 0 aromatic heterocycles. The van der Waals surface area contributed by atoms with Crippen molar-refractivity contribution < 1.29 is 8.42 Å². The van der Waals surface area contributed by atoms with Crippen molar-refractivity contribution in [2.24, 2.45) is 0 Å². The van der Waals surface area contributed by atoms with Crippen LogP contribution in [-0.2, 0) is 8.87 Å². The fraction of sp³-hybridized carbons (Fsp3) is 0.333. The highest BCUT2D eigenvalue weighted by atomic mass is 35.5. The molecule has 0 fully saturated rings. The van der Waals surface area contributed by atoms with Gasteiger partial charge in [0.1, 0.15) is 0 Å². The van der Waals surface area contributed by atoms with Crippen molar-refractivity contribution in [2.75, 3.05) is 0 Å². The van der Waals surface area contributed by atoms with Gasteiger partial charge in [0.25, 0.3) is 0 Å². The van der Waals surface area contributed by atoms with Crippen LogP contribution in [0.2, 0.25) is 5.02 Å². The molecule has 0 saturated carbocycles. The Bertz CT molecular complexity index is 395. The molecule has 78 valence electrons. The van der Waals surface area contributed by atoms with Gasteiger partial charge in [0.2, 0.25) is 8.87 Å². The fourth-order valence-electron chi connectivity index (χ4n) is 0.721. The number of hydrogen-bond acceptors (Lipinski definition) is 3. The largest absolute Gasteiger partial charge is 0.217 e. The van der Waals surface area contributed by atoms with Gasteiger partial charge in [0, 0.05) is 20.7 Å². The third-order valence-electron chi connectivity index (χ3n) is 1.60. The van der Waals surface area contributed by atoms with Crippen LogP contribution in [0.5, 0.6) is 0 Å². The lowest BCUT2D eigenvalue weighted by Crippen LogP contribution is -2.08. The van der Waals surface area contributed by atoms with Gasteiger partial charge in [-0.1, -0.05) is 11.6 Å². The Kier molecular flexibility index (Phi) is 3.86. The number of rotatable bonds is 3. The highest BCUT2D eigenvalue weighted by Crippen LogP contribution is 2.28. The van der Waals surface area contributed by atoms with E-state index in [9.17, 15) is 8.42 Å². The minimum atomic E-state index is -3.09. The molecule has 14 heavy (non-hydrogen) atoms. The first-order valence-corrected chi connectivity index (χ1v) is 7.36. The topological polar surface area (TPSA) is 34.1 Å². The first kappa shape index (κ1) is 11.9. The average molecular weight is 251 g/mol. The van der Waals surface area contributed by atoms with Gasteiger partial charge in [-0.05, 0) is 38.1 Å². The molecule has 0 amide bonds. The van der Waals surface area contributed by atoms with Crippen LogP contribution in [0.25, 0.3) is 0 Å². The number of hydrogen-bond donors (Lipinski definition) is 0. The maximum absolute atomic E-state index is 11.5. The van der Waals surface area contributed by atoms with Crippen LogP contribution in [0.15, 0.2) is 29.2 Å². The molecule has 0 unspecified atom stereocenters. The number of benzene rings is 1. The zero-order chi connectivity index (χ0) is 10.8. The summed E-state index contributed by atoms with van der Waals surface area (Å²) in [5.74, 6) is 0. The second kappa shape index (κ2) is 4.55. The van der Waals surface area contributed by atoms with E-state index in [1.807, 2.05) is 0 Å². The van der Waals surface area contributed by atoms with Crippen molar-refractivity contribution in [1.82, 2.24) is 0 Å². The lowest BCUT2D eigenvalue weighted by Gasteiger charge is -2.06. The average Bonchev–Trinajstić information content (AvgIpc) is 2.08.